The Labute approximate surface area is 95.3 Å². The smallest absolute Gasteiger partial charge is 0.276 e. The van der Waals surface area contributed by atoms with Crippen molar-refractivity contribution in [2.45, 2.75) is 13.8 Å². The Balaban J connectivity index is 2.34. The van der Waals surface area contributed by atoms with E-state index >= 15 is 0 Å². The van der Waals surface area contributed by atoms with Crippen LogP contribution in [0.3, 0.4) is 0 Å². The molecule has 4 heteroatoms. The van der Waals surface area contributed by atoms with Crippen LogP contribution in [0.25, 0.3) is 0 Å². The highest BCUT2D eigenvalue weighted by atomic mass is 16.5. The molecular formula is C12H16N2O2. The molecule has 1 aromatic rings. The number of ether oxygens (including phenoxy) is 1. The zero-order valence-electron chi connectivity index (χ0n) is 9.54. The van der Waals surface area contributed by atoms with Gasteiger partial charge in [-0.05, 0) is 31.5 Å². The Morgan fingerprint density at radius 3 is 2.81 bits per heavy atom. The fourth-order valence-electron chi connectivity index (χ4n) is 1.07. The average Bonchev–Trinajstić information content (AvgIpc) is 2.23. The van der Waals surface area contributed by atoms with E-state index in [4.69, 9.17) is 4.74 Å². The first-order valence-electron chi connectivity index (χ1n) is 4.98. The normalized spacial score (nSPS) is 9.38. The van der Waals surface area contributed by atoms with E-state index in [0.717, 1.165) is 5.56 Å². The predicted octanol–water partition coefficient (Wildman–Crippen LogP) is 1.53. The summed E-state index contributed by atoms with van der Waals surface area (Å²) in [6.45, 7) is 7.29. The molecule has 4 nitrogen and oxygen atoms in total. The highest BCUT2D eigenvalue weighted by Crippen LogP contribution is 2.11. The van der Waals surface area contributed by atoms with Crippen LogP contribution in [0, 0.1) is 6.92 Å². The molecule has 0 heterocycles. The molecule has 0 saturated heterocycles. The fourth-order valence-corrected chi connectivity index (χ4v) is 1.07. The number of hydrogen-bond donors (Lipinski definition) is 2. The summed E-state index contributed by atoms with van der Waals surface area (Å²) in [7, 11) is 0. The topological polar surface area (TPSA) is 50.4 Å². The number of hydrazine groups is 1. The van der Waals surface area contributed by atoms with Crippen molar-refractivity contribution in [1.82, 2.24) is 10.9 Å². The van der Waals surface area contributed by atoms with Crippen molar-refractivity contribution < 1.29 is 9.53 Å². The van der Waals surface area contributed by atoms with Crippen molar-refractivity contribution in [2.24, 2.45) is 0 Å². The van der Waals surface area contributed by atoms with Gasteiger partial charge in [0.25, 0.3) is 5.91 Å². The molecule has 0 aliphatic heterocycles. The number of carbonyl (C=O) groups excluding carboxylic acids is 1. The Hall–Kier alpha value is -1.97. The number of carbonyl (C=O) groups is 1. The van der Waals surface area contributed by atoms with Crippen molar-refractivity contribution in [1.29, 1.82) is 0 Å². The van der Waals surface area contributed by atoms with E-state index in [1.54, 1.807) is 6.92 Å². The van der Waals surface area contributed by atoms with Gasteiger partial charge in [0.05, 0.1) is 0 Å². The van der Waals surface area contributed by atoms with Gasteiger partial charge < -0.3 is 10.2 Å². The Bertz CT molecular complexity index is 388. The van der Waals surface area contributed by atoms with Crippen molar-refractivity contribution in [3.63, 3.8) is 0 Å². The van der Waals surface area contributed by atoms with Crippen LogP contribution in [0.15, 0.2) is 36.5 Å². The quantitative estimate of drug-likeness (QED) is 0.740. The molecule has 1 aromatic carbocycles. The van der Waals surface area contributed by atoms with E-state index in [-0.39, 0.29) is 12.5 Å². The van der Waals surface area contributed by atoms with Crippen molar-refractivity contribution in [2.75, 3.05) is 6.61 Å². The minimum Gasteiger partial charge on any atom is -0.484 e. The molecular weight excluding hydrogens is 204 g/mol. The van der Waals surface area contributed by atoms with Crippen LogP contribution in [-0.2, 0) is 4.79 Å². The van der Waals surface area contributed by atoms with E-state index < -0.39 is 0 Å². The molecule has 0 atom stereocenters. The fraction of sp³-hybridized carbons (Fsp3) is 0.250. The Morgan fingerprint density at radius 1 is 1.44 bits per heavy atom. The molecule has 0 fully saturated rings. The van der Waals surface area contributed by atoms with Gasteiger partial charge in [0.15, 0.2) is 6.61 Å². The Morgan fingerprint density at radius 2 is 2.19 bits per heavy atom. The number of aryl methyl sites for hydroxylation is 1. The van der Waals surface area contributed by atoms with Crippen LogP contribution in [0.2, 0.25) is 0 Å². The van der Waals surface area contributed by atoms with Crippen LogP contribution in [0.1, 0.15) is 12.5 Å². The molecule has 0 bridgehead atoms. The first-order chi connectivity index (χ1) is 7.58. The SMILES string of the molecule is C=C(C)NNC(=O)COc1cccc(C)c1. The van der Waals surface area contributed by atoms with Crippen LogP contribution in [0.4, 0.5) is 0 Å². The summed E-state index contributed by atoms with van der Waals surface area (Å²) in [5, 5.41) is 0. The van der Waals surface area contributed by atoms with E-state index in [9.17, 15) is 4.79 Å². The highest BCUT2D eigenvalue weighted by molar-refractivity contribution is 5.77. The molecule has 1 rings (SSSR count). The molecule has 2 N–H and O–H groups in total. The lowest BCUT2D eigenvalue weighted by molar-refractivity contribution is -0.123. The zero-order chi connectivity index (χ0) is 12.0. The summed E-state index contributed by atoms with van der Waals surface area (Å²) < 4.78 is 5.30. The van der Waals surface area contributed by atoms with Gasteiger partial charge in [-0.25, -0.2) is 0 Å². The van der Waals surface area contributed by atoms with Gasteiger partial charge in [-0.2, -0.15) is 0 Å². The number of hydrogen-bond acceptors (Lipinski definition) is 3. The van der Waals surface area contributed by atoms with Crippen molar-refractivity contribution in [3.8, 4) is 5.75 Å². The van der Waals surface area contributed by atoms with Gasteiger partial charge in [-0.15, -0.1) is 0 Å². The largest absolute Gasteiger partial charge is 0.484 e. The third-order valence-corrected chi connectivity index (χ3v) is 1.77. The second kappa shape index (κ2) is 5.80. The zero-order valence-corrected chi connectivity index (χ0v) is 9.54. The third-order valence-electron chi connectivity index (χ3n) is 1.77. The van der Waals surface area contributed by atoms with Crippen LogP contribution in [0.5, 0.6) is 5.75 Å². The maximum Gasteiger partial charge on any atom is 0.276 e. The van der Waals surface area contributed by atoms with Crippen LogP contribution < -0.4 is 15.6 Å². The Kier molecular flexibility index (Phi) is 4.39. The second-order valence-electron chi connectivity index (χ2n) is 3.56. The first-order valence-corrected chi connectivity index (χ1v) is 4.98. The van der Waals surface area contributed by atoms with Crippen molar-refractivity contribution in [3.05, 3.63) is 42.1 Å². The van der Waals surface area contributed by atoms with E-state index in [0.29, 0.717) is 11.4 Å². The standard InChI is InChI=1S/C12H16N2O2/c1-9(2)13-14-12(15)8-16-11-6-4-5-10(3)7-11/h4-7,13H,1,8H2,2-3H3,(H,14,15). The minimum absolute atomic E-state index is 0.0241. The molecule has 1 amide bonds. The molecule has 0 aliphatic rings. The molecule has 0 aromatic heterocycles. The number of nitrogens with one attached hydrogen (secondary N) is 2. The van der Waals surface area contributed by atoms with Crippen molar-refractivity contribution >= 4 is 5.91 Å². The summed E-state index contributed by atoms with van der Waals surface area (Å²) in [5.74, 6) is 0.440. The number of benzene rings is 1. The van der Waals surface area contributed by atoms with Gasteiger partial charge in [0, 0.05) is 5.70 Å². The van der Waals surface area contributed by atoms with Gasteiger partial charge in [0.1, 0.15) is 5.75 Å². The lowest BCUT2D eigenvalue weighted by Crippen LogP contribution is -2.38. The van der Waals surface area contributed by atoms with Crippen LogP contribution in [-0.4, -0.2) is 12.5 Å². The second-order valence-corrected chi connectivity index (χ2v) is 3.56. The average molecular weight is 220 g/mol. The lowest BCUT2D eigenvalue weighted by atomic mass is 10.2. The summed E-state index contributed by atoms with van der Waals surface area (Å²) in [4.78, 5) is 11.3. The van der Waals surface area contributed by atoms with E-state index in [1.807, 2.05) is 31.2 Å². The number of amides is 1. The van der Waals surface area contributed by atoms with Gasteiger partial charge >= 0.3 is 0 Å². The monoisotopic (exact) mass is 220 g/mol. The van der Waals surface area contributed by atoms with E-state index in [1.165, 1.54) is 0 Å². The summed E-state index contributed by atoms with van der Waals surface area (Å²) >= 11 is 0. The first kappa shape index (κ1) is 12.1. The van der Waals surface area contributed by atoms with E-state index in [2.05, 4.69) is 17.4 Å². The minimum atomic E-state index is -0.246. The van der Waals surface area contributed by atoms with Gasteiger partial charge in [0.2, 0.25) is 0 Å². The summed E-state index contributed by atoms with van der Waals surface area (Å²) in [6, 6.07) is 7.54. The third kappa shape index (κ3) is 4.50. The van der Waals surface area contributed by atoms with Crippen LogP contribution >= 0.6 is 0 Å². The molecule has 0 saturated carbocycles. The summed E-state index contributed by atoms with van der Waals surface area (Å²) in [6.07, 6.45) is 0. The van der Waals surface area contributed by atoms with Gasteiger partial charge in [-0.3, -0.25) is 10.2 Å². The maximum atomic E-state index is 11.3. The van der Waals surface area contributed by atoms with Gasteiger partial charge in [-0.1, -0.05) is 18.7 Å². The number of allylic oxidation sites excluding steroid dienone is 1. The summed E-state index contributed by atoms with van der Waals surface area (Å²) in [5.41, 5.74) is 6.84. The number of rotatable bonds is 5. The molecule has 86 valence electrons. The molecule has 0 spiro atoms. The molecule has 0 unspecified atom stereocenters. The molecule has 16 heavy (non-hydrogen) atoms. The molecule has 0 radical (unpaired) electrons. The maximum absolute atomic E-state index is 11.3. The predicted molar refractivity (Wildman–Crippen MR) is 62.8 cm³/mol. The lowest BCUT2D eigenvalue weighted by Gasteiger charge is -2.09. The highest BCUT2D eigenvalue weighted by Gasteiger charge is 2.01. The molecule has 0 aliphatic carbocycles.